The molecule has 0 unspecified atom stereocenters. The van der Waals surface area contributed by atoms with Crippen molar-refractivity contribution in [2.75, 3.05) is 0 Å². The zero-order valence-electron chi connectivity index (χ0n) is 24.4. The number of nitrogens with zero attached hydrogens (tertiary/aromatic N) is 1. The van der Waals surface area contributed by atoms with Crippen LogP contribution in [-0.2, 0) is 40.2 Å². The second-order valence-electron chi connectivity index (χ2n) is 11.9. The summed E-state index contributed by atoms with van der Waals surface area (Å²) >= 11 is 0. The smallest absolute Gasteiger partial charge is 0.408 e. The molecule has 1 aromatic heterocycles. The largest absolute Gasteiger partial charge is 0.487 e. The van der Waals surface area contributed by atoms with Gasteiger partial charge in [-0.2, -0.15) is 0 Å². The standard InChI is InChI=1S/C34H40N2O6/c1-2-11-28(35-33(38)39-22-23-12-5-3-6-13-23)32(37)42-36-31-26-15-8-7-14-25(26)27-20-24-16-19-34(17-9-4-10-18-34)41-29(24)21-30(27)40-31/h3,5-6,12-13,20-21,28H,2,4,7-11,14-19,22H2,1H3,(H,35,38)/b36-31-/t28-/m1/s1. The van der Waals surface area contributed by atoms with Crippen molar-refractivity contribution >= 4 is 23.0 Å². The summed E-state index contributed by atoms with van der Waals surface area (Å²) in [5.41, 5.74) is 5.26. The molecule has 2 aliphatic carbocycles. The molecule has 1 saturated carbocycles. The lowest BCUT2D eigenvalue weighted by molar-refractivity contribution is -0.147. The van der Waals surface area contributed by atoms with Crippen LogP contribution in [0.3, 0.4) is 0 Å². The molecule has 2 heterocycles. The van der Waals surface area contributed by atoms with Gasteiger partial charge in [0, 0.05) is 17.0 Å². The summed E-state index contributed by atoms with van der Waals surface area (Å²) in [5, 5.41) is 7.96. The Morgan fingerprint density at radius 3 is 2.55 bits per heavy atom. The van der Waals surface area contributed by atoms with E-state index in [1.54, 1.807) is 0 Å². The first kappa shape index (κ1) is 28.3. The maximum atomic E-state index is 13.1. The molecule has 8 heteroatoms. The third-order valence-corrected chi connectivity index (χ3v) is 8.95. The molecule has 0 saturated heterocycles. The number of hydrogen-bond acceptors (Lipinski definition) is 7. The van der Waals surface area contributed by atoms with E-state index in [0.29, 0.717) is 24.0 Å². The van der Waals surface area contributed by atoms with Gasteiger partial charge in [-0.1, -0.05) is 50.1 Å². The van der Waals surface area contributed by atoms with Crippen LogP contribution in [0, 0.1) is 0 Å². The quantitative estimate of drug-likeness (QED) is 0.247. The highest BCUT2D eigenvalue weighted by Crippen LogP contribution is 2.43. The molecule has 222 valence electrons. The molecule has 0 radical (unpaired) electrons. The average Bonchev–Trinajstić information content (AvgIpc) is 3.02. The van der Waals surface area contributed by atoms with Crippen LogP contribution in [0.25, 0.3) is 11.0 Å². The highest BCUT2D eigenvalue weighted by atomic mass is 16.7. The predicted octanol–water partition coefficient (Wildman–Crippen LogP) is 6.79. The van der Waals surface area contributed by atoms with Gasteiger partial charge in [-0.05, 0) is 98.5 Å². The third-order valence-electron chi connectivity index (χ3n) is 8.95. The van der Waals surface area contributed by atoms with Crippen LogP contribution in [-0.4, -0.2) is 23.7 Å². The van der Waals surface area contributed by atoms with E-state index in [-0.39, 0.29) is 12.2 Å². The van der Waals surface area contributed by atoms with Crippen LogP contribution in [0.2, 0.25) is 0 Å². The lowest BCUT2D eigenvalue weighted by Gasteiger charge is -2.41. The maximum absolute atomic E-state index is 13.1. The molecule has 2 aromatic carbocycles. The molecule has 1 spiro atoms. The van der Waals surface area contributed by atoms with Gasteiger partial charge < -0.3 is 24.0 Å². The van der Waals surface area contributed by atoms with E-state index >= 15 is 0 Å². The Kier molecular flexibility index (Phi) is 8.49. The number of aryl methyl sites for hydroxylation is 2. The van der Waals surface area contributed by atoms with Crippen molar-refractivity contribution in [1.82, 2.24) is 5.32 Å². The zero-order chi connectivity index (χ0) is 28.9. The van der Waals surface area contributed by atoms with Crippen LogP contribution in [0.1, 0.15) is 93.4 Å². The summed E-state index contributed by atoms with van der Waals surface area (Å²) in [6.45, 7) is 2.05. The maximum Gasteiger partial charge on any atom is 0.408 e. The molecule has 1 atom stereocenters. The fourth-order valence-electron chi connectivity index (χ4n) is 6.68. The molecule has 3 aromatic rings. The second kappa shape index (κ2) is 12.6. The predicted molar refractivity (Wildman–Crippen MR) is 158 cm³/mol. The van der Waals surface area contributed by atoms with E-state index in [9.17, 15) is 9.59 Å². The zero-order valence-corrected chi connectivity index (χ0v) is 24.4. The number of carbonyl (C=O) groups is 2. The van der Waals surface area contributed by atoms with E-state index in [4.69, 9.17) is 18.7 Å². The molecular weight excluding hydrogens is 532 g/mol. The van der Waals surface area contributed by atoms with Gasteiger partial charge in [-0.15, -0.1) is 0 Å². The van der Waals surface area contributed by atoms with Crippen molar-refractivity contribution in [2.45, 2.75) is 109 Å². The number of carbonyl (C=O) groups excluding carboxylic acids is 2. The number of rotatable bonds is 7. The van der Waals surface area contributed by atoms with E-state index in [0.717, 1.165) is 73.6 Å². The molecule has 1 aliphatic heterocycles. The number of fused-ring (bicyclic) bond motifs is 4. The first-order valence-electron chi connectivity index (χ1n) is 15.6. The van der Waals surface area contributed by atoms with Gasteiger partial charge in [-0.25, -0.2) is 9.59 Å². The Hall–Kier alpha value is -3.81. The monoisotopic (exact) mass is 572 g/mol. The number of alkyl carbamates (subject to hydrolysis) is 1. The third kappa shape index (κ3) is 6.18. The number of amides is 1. The summed E-state index contributed by atoms with van der Waals surface area (Å²) in [5.74, 6) is 0.251. The van der Waals surface area contributed by atoms with Crippen molar-refractivity contribution in [1.29, 1.82) is 0 Å². The molecular formula is C34H40N2O6. The van der Waals surface area contributed by atoms with Gasteiger partial charge in [-0.3, -0.25) is 0 Å². The second-order valence-corrected chi connectivity index (χ2v) is 11.9. The summed E-state index contributed by atoms with van der Waals surface area (Å²) in [7, 11) is 0. The van der Waals surface area contributed by atoms with Gasteiger partial charge in [0.25, 0.3) is 5.55 Å². The van der Waals surface area contributed by atoms with Gasteiger partial charge in [0.05, 0.1) is 0 Å². The Balaban J connectivity index is 1.23. The molecule has 42 heavy (non-hydrogen) atoms. The fourth-order valence-corrected chi connectivity index (χ4v) is 6.68. The Labute approximate surface area is 246 Å². The average molecular weight is 573 g/mol. The normalized spacial score (nSPS) is 18.5. The number of nitrogens with one attached hydrogen (secondary N) is 1. The Morgan fingerprint density at radius 2 is 1.76 bits per heavy atom. The minimum Gasteiger partial charge on any atom is -0.487 e. The number of benzene rings is 2. The molecule has 8 nitrogen and oxygen atoms in total. The van der Waals surface area contributed by atoms with Crippen LogP contribution in [0.15, 0.2) is 52.0 Å². The Bertz CT molecular complexity index is 1510. The fraction of sp³-hybridized carbons (Fsp3) is 0.500. The molecule has 1 fully saturated rings. The highest BCUT2D eigenvalue weighted by Gasteiger charge is 2.38. The molecule has 0 bridgehead atoms. The van der Waals surface area contributed by atoms with Gasteiger partial charge in [0.1, 0.15) is 29.6 Å². The minimum atomic E-state index is -0.884. The molecule has 1 amide bonds. The Morgan fingerprint density at radius 1 is 0.976 bits per heavy atom. The summed E-state index contributed by atoms with van der Waals surface area (Å²) in [6, 6.07) is 12.8. The first-order chi connectivity index (χ1) is 20.5. The van der Waals surface area contributed by atoms with E-state index in [1.807, 2.05) is 43.3 Å². The molecule has 1 N–H and O–H groups in total. The lowest BCUT2D eigenvalue weighted by atomic mass is 9.78. The number of ether oxygens (including phenoxy) is 2. The van der Waals surface area contributed by atoms with Crippen molar-refractivity contribution in [3.8, 4) is 5.75 Å². The first-order valence-corrected chi connectivity index (χ1v) is 15.6. The van der Waals surface area contributed by atoms with Crippen LogP contribution in [0.5, 0.6) is 5.75 Å². The van der Waals surface area contributed by atoms with Crippen molar-refractivity contribution in [3.05, 3.63) is 70.3 Å². The van der Waals surface area contributed by atoms with Crippen molar-refractivity contribution < 1.29 is 28.3 Å². The van der Waals surface area contributed by atoms with Gasteiger partial charge >= 0.3 is 12.1 Å². The van der Waals surface area contributed by atoms with Crippen molar-refractivity contribution in [3.63, 3.8) is 0 Å². The van der Waals surface area contributed by atoms with Crippen LogP contribution >= 0.6 is 0 Å². The van der Waals surface area contributed by atoms with Crippen LogP contribution < -0.4 is 15.6 Å². The lowest BCUT2D eigenvalue weighted by Crippen LogP contribution is -2.41. The molecule has 3 aliphatic rings. The SMILES string of the molecule is CCC[C@@H](NC(=O)OCc1ccccc1)C(=O)O/N=c1\oc2cc3c(cc2c2c1CCCC2)CCC1(CCCCC1)O3. The topological polar surface area (TPSA) is 99.4 Å². The molecule has 6 rings (SSSR count). The van der Waals surface area contributed by atoms with Gasteiger partial charge in [0.15, 0.2) is 0 Å². The number of hydrogen-bond donors (Lipinski definition) is 1. The highest BCUT2D eigenvalue weighted by molar-refractivity contribution is 5.84. The van der Waals surface area contributed by atoms with E-state index < -0.39 is 18.1 Å². The summed E-state index contributed by atoms with van der Waals surface area (Å²) in [6.07, 6.45) is 12.3. The van der Waals surface area contributed by atoms with Gasteiger partial charge in [0.2, 0.25) is 0 Å². The van der Waals surface area contributed by atoms with Crippen molar-refractivity contribution in [2.24, 2.45) is 5.16 Å². The summed E-state index contributed by atoms with van der Waals surface area (Å²) in [4.78, 5) is 30.9. The van der Waals surface area contributed by atoms with E-state index in [1.165, 1.54) is 30.4 Å². The van der Waals surface area contributed by atoms with E-state index in [2.05, 4.69) is 16.5 Å². The summed E-state index contributed by atoms with van der Waals surface area (Å²) < 4.78 is 18.3. The van der Waals surface area contributed by atoms with Crippen LogP contribution in [0.4, 0.5) is 4.79 Å². The minimum absolute atomic E-state index is 0.0561.